The van der Waals surface area contributed by atoms with Crippen LogP contribution in [0.5, 0.6) is 0 Å². The van der Waals surface area contributed by atoms with Crippen LogP contribution in [0.2, 0.25) is 25.1 Å². The van der Waals surface area contributed by atoms with Gasteiger partial charge in [0.25, 0.3) is 0 Å². The number of hydrogen-bond donors (Lipinski definition) is 2. The molecule has 0 heterocycles. The third kappa shape index (κ3) is 4.91. The Bertz CT molecular complexity index is 781. The Hall–Kier alpha value is -0.690. The molecule has 0 spiro atoms. The van der Waals surface area contributed by atoms with Crippen molar-refractivity contribution in [1.82, 2.24) is 0 Å². The molecule has 24 heavy (non-hydrogen) atoms. The molecule has 0 saturated heterocycles. The van der Waals surface area contributed by atoms with E-state index >= 15 is 0 Å². The van der Waals surface area contributed by atoms with Gasteiger partial charge in [-0.1, -0.05) is 70.1 Å². The second kappa shape index (κ2) is 9.13. The third-order valence-corrected chi connectivity index (χ3v) is 5.50. The quantitative estimate of drug-likeness (QED) is 0.355. The average molecular weight is 495 g/mol. The van der Waals surface area contributed by atoms with Gasteiger partial charge in [0.1, 0.15) is 0 Å². The Morgan fingerprint density at radius 2 is 1.17 bits per heavy atom. The second-order valence-corrected chi connectivity index (χ2v) is 6.78. The minimum absolute atomic E-state index is 0.0617. The lowest BCUT2D eigenvalue weighted by Crippen LogP contribution is -2.00. The topological polar surface area (TPSA) is 74.6 Å². The van der Waals surface area contributed by atoms with Crippen molar-refractivity contribution in [3.05, 3.63) is 65.0 Å². The molecule has 0 radical (unpaired) electrons. The highest BCUT2D eigenvalue weighted by Gasteiger charge is 2.23. The Balaban J connectivity index is 0.000000254. The first-order chi connectivity index (χ1) is 11.1. The molecule has 0 aliphatic carbocycles. The summed E-state index contributed by atoms with van der Waals surface area (Å²) in [5.41, 5.74) is -0.0600. The van der Waals surface area contributed by atoms with E-state index in [0.717, 1.165) is 0 Å². The van der Waals surface area contributed by atoms with Crippen LogP contribution in [0.25, 0.3) is 0 Å². The zero-order chi connectivity index (χ0) is 18.6. The van der Waals surface area contributed by atoms with Gasteiger partial charge in [0.2, 0.25) is 0 Å². The highest BCUT2D eigenvalue weighted by molar-refractivity contribution is 9.10. The van der Waals surface area contributed by atoms with Crippen molar-refractivity contribution in [2.45, 2.75) is 0 Å². The molecule has 2 rings (SSSR count). The van der Waals surface area contributed by atoms with Gasteiger partial charge in [-0.2, -0.15) is 0 Å². The van der Waals surface area contributed by atoms with E-state index in [2.05, 4.69) is 15.9 Å². The fourth-order valence-corrected chi connectivity index (χ4v) is 3.18. The van der Waals surface area contributed by atoms with E-state index < -0.39 is 11.9 Å². The fourth-order valence-electron chi connectivity index (χ4n) is 1.43. The van der Waals surface area contributed by atoms with Gasteiger partial charge in [-0.05, 0) is 28.1 Å². The molecule has 2 aromatic carbocycles. The third-order valence-electron chi connectivity index (χ3n) is 2.53. The van der Waals surface area contributed by atoms with Crippen LogP contribution in [0.3, 0.4) is 0 Å². The molecule has 0 atom stereocenters. The summed E-state index contributed by atoms with van der Waals surface area (Å²) >= 11 is 31.3. The monoisotopic (exact) mass is 492 g/mol. The van der Waals surface area contributed by atoms with Crippen LogP contribution in [0.1, 0.15) is 20.7 Å². The average Bonchev–Trinajstić information content (AvgIpc) is 2.51. The molecular weight excluding hydrogens is 489 g/mol. The minimum Gasteiger partial charge on any atom is -0.478 e. The molecule has 128 valence electrons. The Labute approximate surface area is 170 Å². The summed E-state index contributed by atoms with van der Waals surface area (Å²) in [6, 6.07) is 6.71. The van der Waals surface area contributed by atoms with E-state index in [9.17, 15) is 9.59 Å². The zero-order valence-electron chi connectivity index (χ0n) is 11.3. The van der Waals surface area contributed by atoms with Gasteiger partial charge in [0, 0.05) is 4.47 Å². The maximum atomic E-state index is 10.7. The van der Waals surface area contributed by atoms with E-state index in [-0.39, 0.29) is 30.7 Å². The van der Waals surface area contributed by atoms with Crippen molar-refractivity contribution < 1.29 is 19.8 Å². The Morgan fingerprint density at radius 1 is 0.750 bits per heavy atom. The number of rotatable bonds is 2. The van der Waals surface area contributed by atoms with Crippen molar-refractivity contribution >= 4 is 85.9 Å². The summed E-state index contributed by atoms with van der Waals surface area (Å²) in [4.78, 5) is 21.1. The normalized spacial score (nSPS) is 9.92. The van der Waals surface area contributed by atoms with E-state index in [1.54, 1.807) is 24.3 Å². The van der Waals surface area contributed by atoms with Crippen molar-refractivity contribution in [3.63, 3.8) is 0 Å². The van der Waals surface area contributed by atoms with E-state index in [1.165, 1.54) is 0 Å². The summed E-state index contributed by atoms with van der Waals surface area (Å²) in [6.07, 6.45) is 0. The molecule has 0 aliphatic rings. The lowest BCUT2D eigenvalue weighted by Gasteiger charge is -2.08. The molecule has 0 aromatic heterocycles. The van der Waals surface area contributed by atoms with Crippen molar-refractivity contribution in [1.29, 1.82) is 0 Å². The summed E-state index contributed by atoms with van der Waals surface area (Å²) in [6.45, 7) is 0. The van der Waals surface area contributed by atoms with E-state index in [0.29, 0.717) is 10.0 Å². The molecular formula is C14H6BrCl5O4. The minimum atomic E-state index is -1.32. The number of aromatic carboxylic acids is 2. The molecule has 10 heteroatoms. The lowest BCUT2D eigenvalue weighted by atomic mass is 10.2. The second-order valence-electron chi connectivity index (χ2n) is 4.04. The van der Waals surface area contributed by atoms with Crippen molar-refractivity contribution in [2.75, 3.05) is 0 Å². The zero-order valence-corrected chi connectivity index (χ0v) is 16.7. The van der Waals surface area contributed by atoms with Gasteiger partial charge in [-0.15, -0.1) is 0 Å². The standard InChI is InChI=1S/C7H5BrO2.C7HCl5O2/c8-6-4-2-1-3-5(6)7(9)10;8-2-1(7(13)14)3(9)5(11)6(12)4(2)10/h1-4H,(H,9,10);(H,13,14). The van der Waals surface area contributed by atoms with Crippen LogP contribution in [0, 0.1) is 0 Å². The highest BCUT2D eigenvalue weighted by Crippen LogP contribution is 2.43. The van der Waals surface area contributed by atoms with Crippen LogP contribution >= 0.6 is 73.9 Å². The maximum absolute atomic E-state index is 10.7. The highest BCUT2D eigenvalue weighted by atomic mass is 79.9. The number of hydrogen-bond acceptors (Lipinski definition) is 2. The van der Waals surface area contributed by atoms with E-state index in [4.69, 9.17) is 68.2 Å². The largest absolute Gasteiger partial charge is 0.478 e. The van der Waals surface area contributed by atoms with Crippen LogP contribution in [0.15, 0.2) is 28.7 Å². The molecule has 0 saturated carbocycles. The number of carboxylic acid groups (broad SMARTS) is 2. The van der Waals surface area contributed by atoms with Gasteiger partial charge in [0.15, 0.2) is 0 Å². The summed E-state index contributed by atoms with van der Waals surface area (Å²) in [5, 5.41) is 16.5. The molecule has 2 N–H and O–H groups in total. The van der Waals surface area contributed by atoms with Crippen LogP contribution < -0.4 is 0 Å². The maximum Gasteiger partial charge on any atom is 0.338 e. The van der Waals surface area contributed by atoms with Gasteiger partial charge < -0.3 is 10.2 Å². The first kappa shape index (κ1) is 21.4. The lowest BCUT2D eigenvalue weighted by molar-refractivity contribution is 0.0685. The molecule has 0 fully saturated rings. The molecule has 0 amide bonds. The van der Waals surface area contributed by atoms with E-state index in [1.807, 2.05) is 0 Å². The van der Waals surface area contributed by atoms with Crippen molar-refractivity contribution in [3.8, 4) is 0 Å². The smallest absolute Gasteiger partial charge is 0.338 e. The summed E-state index contributed by atoms with van der Waals surface area (Å²) in [5.74, 6) is -2.23. The first-order valence-corrected chi connectivity index (χ1v) is 8.50. The summed E-state index contributed by atoms with van der Waals surface area (Å²) in [7, 11) is 0. The predicted octanol–water partition coefficient (Wildman–Crippen LogP) is 6.80. The number of carbonyl (C=O) groups is 2. The van der Waals surface area contributed by atoms with Crippen molar-refractivity contribution in [2.24, 2.45) is 0 Å². The van der Waals surface area contributed by atoms with Crippen LogP contribution in [-0.2, 0) is 0 Å². The van der Waals surface area contributed by atoms with Gasteiger partial charge >= 0.3 is 11.9 Å². The molecule has 2 aromatic rings. The van der Waals surface area contributed by atoms with Crippen LogP contribution in [-0.4, -0.2) is 22.2 Å². The number of benzene rings is 2. The van der Waals surface area contributed by atoms with Gasteiger partial charge in [-0.3, -0.25) is 0 Å². The first-order valence-electron chi connectivity index (χ1n) is 5.82. The SMILES string of the molecule is O=C(O)c1c(Cl)c(Cl)c(Cl)c(Cl)c1Cl.O=C(O)c1ccccc1Br. The number of carboxylic acids is 2. The Kier molecular flexibility index (Phi) is 8.12. The van der Waals surface area contributed by atoms with Gasteiger partial charge in [-0.25, -0.2) is 9.59 Å². The van der Waals surface area contributed by atoms with Crippen LogP contribution in [0.4, 0.5) is 0 Å². The molecule has 0 bridgehead atoms. The fraction of sp³-hybridized carbons (Fsp3) is 0. The Morgan fingerprint density at radius 3 is 1.50 bits per heavy atom. The van der Waals surface area contributed by atoms with Gasteiger partial charge in [0.05, 0.1) is 36.2 Å². The molecule has 0 unspecified atom stereocenters. The number of halogens is 6. The molecule has 4 nitrogen and oxygen atoms in total. The summed E-state index contributed by atoms with van der Waals surface area (Å²) < 4.78 is 0.613. The predicted molar refractivity (Wildman–Crippen MR) is 99.6 cm³/mol. The molecule has 0 aliphatic heterocycles.